The molecule has 3 heteroatoms. The molecular weight excluding hydrogens is 274 g/mol. The Hall–Kier alpha value is -1.04. The molecule has 0 unspecified atom stereocenters. The van der Waals surface area contributed by atoms with Crippen molar-refractivity contribution in [3.05, 3.63) is 0 Å². The molecule has 0 bridgehead atoms. The van der Waals surface area contributed by atoms with E-state index in [9.17, 15) is 4.79 Å². The van der Waals surface area contributed by atoms with Crippen molar-refractivity contribution in [3.8, 4) is 6.07 Å². The predicted molar refractivity (Wildman–Crippen MR) is 91.7 cm³/mol. The first kappa shape index (κ1) is 21.0. The molecule has 0 aliphatic rings. The van der Waals surface area contributed by atoms with Gasteiger partial charge in [0, 0.05) is 0 Å². The molecule has 128 valence electrons. The van der Waals surface area contributed by atoms with Crippen molar-refractivity contribution in [1.82, 2.24) is 0 Å². The van der Waals surface area contributed by atoms with Gasteiger partial charge in [0.1, 0.15) is 5.92 Å². The fourth-order valence-electron chi connectivity index (χ4n) is 2.79. The van der Waals surface area contributed by atoms with Gasteiger partial charge in [-0.15, -0.1) is 0 Å². The number of nitrogens with zero attached hydrogens (tertiary/aromatic N) is 1. The summed E-state index contributed by atoms with van der Waals surface area (Å²) in [5.41, 5.74) is 0. The number of rotatable bonds is 16. The van der Waals surface area contributed by atoms with Gasteiger partial charge in [0.15, 0.2) is 0 Å². The Labute approximate surface area is 137 Å². The van der Waals surface area contributed by atoms with Crippen molar-refractivity contribution in [2.45, 2.75) is 103 Å². The molecule has 0 saturated carbocycles. The lowest BCUT2D eigenvalue weighted by atomic mass is 10.0. The second-order valence-corrected chi connectivity index (χ2v) is 6.40. The molecule has 0 heterocycles. The molecular formula is C19H35NO2. The van der Waals surface area contributed by atoms with E-state index in [1.165, 1.54) is 77.0 Å². The molecule has 0 aliphatic carbocycles. The largest absolute Gasteiger partial charge is 0.480 e. The Balaban J connectivity index is 3.15. The van der Waals surface area contributed by atoms with Crippen LogP contribution in [0.15, 0.2) is 0 Å². The normalized spacial score (nSPS) is 12.0. The van der Waals surface area contributed by atoms with Gasteiger partial charge < -0.3 is 5.11 Å². The summed E-state index contributed by atoms with van der Waals surface area (Å²) in [7, 11) is 0. The zero-order chi connectivity index (χ0) is 16.5. The van der Waals surface area contributed by atoms with Crippen LogP contribution in [0.1, 0.15) is 103 Å². The topological polar surface area (TPSA) is 61.1 Å². The van der Waals surface area contributed by atoms with Crippen LogP contribution in [0.25, 0.3) is 0 Å². The Kier molecular flexibility index (Phi) is 15.6. The third kappa shape index (κ3) is 13.9. The summed E-state index contributed by atoms with van der Waals surface area (Å²) in [6.07, 6.45) is 18.6. The average Bonchev–Trinajstić information content (AvgIpc) is 2.51. The number of aliphatic carboxylic acids is 1. The van der Waals surface area contributed by atoms with E-state index in [1.807, 2.05) is 6.07 Å². The predicted octanol–water partition coefficient (Wildman–Crippen LogP) is 6.08. The number of carboxylic acids is 1. The van der Waals surface area contributed by atoms with Crippen LogP contribution in [0.5, 0.6) is 0 Å². The monoisotopic (exact) mass is 309 g/mol. The van der Waals surface area contributed by atoms with Gasteiger partial charge in [-0.05, 0) is 6.42 Å². The Bertz CT molecular complexity index is 296. The fraction of sp³-hybridized carbons (Fsp3) is 0.895. The number of nitriles is 1. The molecule has 0 aromatic rings. The first-order valence-electron chi connectivity index (χ1n) is 9.34. The molecule has 0 aliphatic heterocycles. The molecule has 0 spiro atoms. The second-order valence-electron chi connectivity index (χ2n) is 6.40. The van der Waals surface area contributed by atoms with Crippen molar-refractivity contribution in [2.75, 3.05) is 0 Å². The SMILES string of the molecule is CCCCCCCCCCCCCCCC[C@H](C#N)C(=O)O. The lowest BCUT2D eigenvalue weighted by molar-refractivity contribution is -0.140. The number of unbranched alkanes of at least 4 members (excludes halogenated alkanes) is 13. The average molecular weight is 309 g/mol. The minimum absolute atomic E-state index is 0.504. The van der Waals surface area contributed by atoms with Crippen molar-refractivity contribution in [2.24, 2.45) is 5.92 Å². The Morgan fingerprint density at radius 2 is 1.18 bits per heavy atom. The number of hydrogen-bond acceptors (Lipinski definition) is 2. The van der Waals surface area contributed by atoms with Crippen LogP contribution in [0, 0.1) is 17.2 Å². The summed E-state index contributed by atoms with van der Waals surface area (Å²) in [5, 5.41) is 17.4. The summed E-state index contributed by atoms with van der Waals surface area (Å²) in [4.78, 5) is 10.7. The highest BCUT2D eigenvalue weighted by atomic mass is 16.4. The summed E-state index contributed by atoms with van der Waals surface area (Å²) in [6.45, 7) is 2.26. The lowest BCUT2D eigenvalue weighted by Gasteiger charge is -2.04. The molecule has 0 fully saturated rings. The van der Waals surface area contributed by atoms with Crippen molar-refractivity contribution >= 4 is 5.97 Å². The Morgan fingerprint density at radius 3 is 1.50 bits per heavy atom. The van der Waals surface area contributed by atoms with Crippen molar-refractivity contribution < 1.29 is 9.90 Å². The van der Waals surface area contributed by atoms with Gasteiger partial charge in [-0.2, -0.15) is 5.26 Å². The minimum Gasteiger partial charge on any atom is -0.480 e. The van der Waals surface area contributed by atoms with Crippen molar-refractivity contribution in [3.63, 3.8) is 0 Å². The van der Waals surface area contributed by atoms with Gasteiger partial charge in [0.05, 0.1) is 6.07 Å². The van der Waals surface area contributed by atoms with Crippen LogP contribution in [-0.2, 0) is 4.79 Å². The maximum absolute atomic E-state index is 10.7. The van der Waals surface area contributed by atoms with E-state index >= 15 is 0 Å². The van der Waals surface area contributed by atoms with E-state index in [0.29, 0.717) is 6.42 Å². The minimum atomic E-state index is -0.975. The van der Waals surface area contributed by atoms with Crippen LogP contribution < -0.4 is 0 Å². The van der Waals surface area contributed by atoms with E-state index in [0.717, 1.165) is 12.8 Å². The van der Waals surface area contributed by atoms with Crippen LogP contribution in [-0.4, -0.2) is 11.1 Å². The molecule has 3 nitrogen and oxygen atoms in total. The molecule has 1 atom stereocenters. The number of carboxylic acid groups (broad SMARTS) is 1. The summed E-state index contributed by atoms with van der Waals surface area (Å²) in [5.74, 6) is -1.78. The van der Waals surface area contributed by atoms with Crippen molar-refractivity contribution in [1.29, 1.82) is 5.26 Å². The van der Waals surface area contributed by atoms with E-state index in [2.05, 4.69) is 6.92 Å². The third-order valence-electron chi connectivity index (χ3n) is 4.30. The summed E-state index contributed by atoms with van der Waals surface area (Å²) < 4.78 is 0. The maximum atomic E-state index is 10.7. The third-order valence-corrected chi connectivity index (χ3v) is 4.30. The van der Waals surface area contributed by atoms with Crippen LogP contribution in [0.2, 0.25) is 0 Å². The van der Waals surface area contributed by atoms with E-state index < -0.39 is 11.9 Å². The first-order valence-corrected chi connectivity index (χ1v) is 9.34. The fourth-order valence-corrected chi connectivity index (χ4v) is 2.79. The molecule has 1 N–H and O–H groups in total. The van der Waals surface area contributed by atoms with Gasteiger partial charge in [0.25, 0.3) is 0 Å². The van der Waals surface area contributed by atoms with Crippen LogP contribution in [0.4, 0.5) is 0 Å². The molecule has 22 heavy (non-hydrogen) atoms. The van der Waals surface area contributed by atoms with Crippen LogP contribution >= 0.6 is 0 Å². The maximum Gasteiger partial charge on any atom is 0.320 e. The molecule has 0 rings (SSSR count). The van der Waals surface area contributed by atoms with Gasteiger partial charge in [-0.3, -0.25) is 4.79 Å². The second kappa shape index (κ2) is 16.3. The standard InChI is InChI=1S/C19H35NO2/c1-2-3-4-5-6-7-8-9-10-11-12-13-14-15-16-18(17-20)19(21)22/h18H,2-16H2,1H3,(H,21,22)/t18-/m1/s1. The highest BCUT2D eigenvalue weighted by molar-refractivity contribution is 5.72. The molecule has 0 amide bonds. The number of carbonyl (C=O) groups is 1. The van der Waals surface area contributed by atoms with Gasteiger partial charge in [0.2, 0.25) is 0 Å². The number of hydrogen-bond donors (Lipinski definition) is 1. The van der Waals surface area contributed by atoms with Gasteiger partial charge in [-0.1, -0.05) is 96.8 Å². The smallest absolute Gasteiger partial charge is 0.320 e. The quantitative estimate of drug-likeness (QED) is 0.351. The van der Waals surface area contributed by atoms with Gasteiger partial charge >= 0.3 is 5.97 Å². The molecule has 0 saturated heterocycles. The van der Waals surface area contributed by atoms with E-state index in [-0.39, 0.29) is 0 Å². The van der Waals surface area contributed by atoms with Crippen LogP contribution in [0.3, 0.4) is 0 Å². The zero-order valence-corrected chi connectivity index (χ0v) is 14.5. The highest BCUT2D eigenvalue weighted by Gasteiger charge is 2.14. The first-order chi connectivity index (χ1) is 10.7. The molecule has 0 radical (unpaired) electrons. The summed E-state index contributed by atoms with van der Waals surface area (Å²) >= 11 is 0. The Morgan fingerprint density at radius 1 is 0.818 bits per heavy atom. The summed E-state index contributed by atoms with van der Waals surface area (Å²) in [6, 6.07) is 1.85. The van der Waals surface area contributed by atoms with Gasteiger partial charge in [-0.25, -0.2) is 0 Å². The van der Waals surface area contributed by atoms with E-state index in [4.69, 9.17) is 10.4 Å². The molecule has 0 aromatic carbocycles. The zero-order valence-electron chi connectivity index (χ0n) is 14.5. The lowest BCUT2D eigenvalue weighted by Crippen LogP contribution is -2.10. The highest BCUT2D eigenvalue weighted by Crippen LogP contribution is 2.14. The van der Waals surface area contributed by atoms with E-state index in [1.54, 1.807) is 0 Å². The molecule has 0 aromatic heterocycles.